The fourth-order valence-corrected chi connectivity index (χ4v) is 1.83. The number of rotatable bonds is 3. The molecule has 0 aliphatic carbocycles. The second-order valence-corrected chi connectivity index (χ2v) is 3.75. The Balaban J connectivity index is 3.16. The Hall–Kier alpha value is -1.49. The van der Waals surface area contributed by atoms with Crippen molar-refractivity contribution in [1.29, 1.82) is 0 Å². The molecule has 5 heteroatoms. The summed E-state index contributed by atoms with van der Waals surface area (Å²) in [5.74, 6) is -0.840. The summed E-state index contributed by atoms with van der Waals surface area (Å²) >= 11 is 1.37. The third kappa shape index (κ3) is 2.55. The average Bonchev–Trinajstić information content (AvgIpc) is 2.35. The molecule has 0 N–H and O–H groups in total. The van der Waals surface area contributed by atoms with Crippen LogP contribution in [0.3, 0.4) is 0 Å². The van der Waals surface area contributed by atoms with Crippen molar-refractivity contribution in [3.8, 4) is 0 Å². The number of hydrogen-bond acceptors (Lipinski definition) is 5. The summed E-state index contributed by atoms with van der Waals surface area (Å²) in [4.78, 5) is 23.4. The number of esters is 2. The van der Waals surface area contributed by atoms with Gasteiger partial charge in [-0.25, -0.2) is 9.59 Å². The highest BCUT2D eigenvalue weighted by Gasteiger charge is 2.14. The van der Waals surface area contributed by atoms with E-state index >= 15 is 0 Å². The molecule has 1 aromatic rings. The van der Waals surface area contributed by atoms with Gasteiger partial charge in [0.25, 0.3) is 0 Å². The van der Waals surface area contributed by atoms with Crippen LogP contribution in [0.25, 0.3) is 0 Å². The van der Waals surface area contributed by atoms with Gasteiger partial charge < -0.3 is 9.47 Å². The van der Waals surface area contributed by atoms with E-state index in [1.165, 1.54) is 32.0 Å². The van der Waals surface area contributed by atoms with Gasteiger partial charge in [-0.2, -0.15) is 0 Å². The van der Waals surface area contributed by atoms with Crippen molar-refractivity contribution in [2.24, 2.45) is 0 Å². The standard InChI is InChI=1S/C11H12O4S/c1-14-10(12)7-4-5-8(11(13)15-2)9(6-7)16-3/h4-6H,1-3H3. The first-order valence-corrected chi connectivity index (χ1v) is 5.71. The Morgan fingerprint density at radius 3 is 2.25 bits per heavy atom. The van der Waals surface area contributed by atoms with E-state index < -0.39 is 11.9 Å². The molecule has 86 valence electrons. The van der Waals surface area contributed by atoms with Gasteiger partial charge in [0.15, 0.2) is 0 Å². The maximum Gasteiger partial charge on any atom is 0.338 e. The third-order valence-corrected chi connectivity index (χ3v) is 2.81. The summed E-state index contributed by atoms with van der Waals surface area (Å²) in [6.45, 7) is 0. The first-order chi connectivity index (χ1) is 7.63. The lowest BCUT2D eigenvalue weighted by Crippen LogP contribution is -2.06. The molecule has 16 heavy (non-hydrogen) atoms. The topological polar surface area (TPSA) is 52.6 Å². The molecule has 1 rings (SSSR count). The van der Waals surface area contributed by atoms with Crippen LogP contribution in [0.15, 0.2) is 23.1 Å². The lowest BCUT2D eigenvalue weighted by Gasteiger charge is -2.07. The molecular weight excluding hydrogens is 228 g/mol. The molecule has 0 spiro atoms. The van der Waals surface area contributed by atoms with E-state index in [0.29, 0.717) is 16.0 Å². The lowest BCUT2D eigenvalue weighted by molar-refractivity contribution is 0.0583. The number of methoxy groups -OCH3 is 2. The van der Waals surface area contributed by atoms with Gasteiger partial charge in [0.2, 0.25) is 0 Å². The SMILES string of the molecule is COC(=O)c1ccc(C(=O)OC)c(SC)c1. The van der Waals surface area contributed by atoms with Crippen molar-refractivity contribution in [1.82, 2.24) is 0 Å². The van der Waals surface area contributed by atoms with Crippen LogP contribution in [0.1, 0.15) is 20.7 Å². The van der Waals surface area contributed by atoms with Gasteiger partial charge in [0.1, 0.15) is 0 Å². The summed E-state index contributed by atoms with van der Waals surface area (Å²) in [6, 6.07) is 4.71. The number of hydrogen-bond donors (Lipinski definition) is 0. The van der Waals surface area contributed by atoms with E-state index in [2.05, 4.69) is 9.47 Å². The van der Waals surface area contributed by atoms with Gasteiger partial charge in [-0.05, 0) is 24.5 Å². The van der Waals surface area contributed by atoms with Crippen LogP contribution in [0, 0.1) is 0 Å². The van der Waals surface area contributed by atoms with Crippen molar-refractivity contribution >= 4 is 23.7 Å². The molecule has 4 nitrogen and oxygen atoms in total. The fourth-order valence-electron chi connectivity index (χ4n) is 1.21. The van der Waals surface area contributed by atoms with E-state index in [0.717, 1.165) is 0 Å². The zero-order valence-corrected chi connectivity index (χ0v) is 10.1. The number of carbonyl (C=O) groups excluding carboxylic acids is 2. The van der Waals surface area contributed by atoms with Crippen molar-refractivity contribution in [3.63, 3.8) is 0 Å². The molecule has 0 bridgehead atoms. The molecule has 0 unspecified atom stereocenters. The quantitative estimate of drug-likeness (QED) is 0.597. The fraction of sp³-hybridized carbons (Fsp3) is 0.273. The van der Waals surface area contributed by atoms with Crippen LogP contribution < -0.4 is 0 Å². The van der Waals surface area contributed by atoms with E-state index in [4.69, 9.17) is 0 Å². The summed E-state index contributed by atoms with van der Waals surface area (Å²) in [6.07, 6.45) is 1.82. The van der Waals surface area contributed by atoms with Crippen LogP contribution in [-0.4, -0.2) is 32.4 Å². The second kappa shape index (κ2) is 5.55. The Bertz CT molecular complexity index is 414. The Morgan fingerprint density at radius 2 is 1.75 bits per heavy atom. The van der Waals surface area contributed by atoms with Crippen LogP contribution in [-0.2, 0) is 9.47 Å². The van der Waals surface area contributed by atoms with Gasteiger partial charge in [-0.15, -0.1) is 11.8 Å². The molecule has 0 radical (unpaired) electrons. The Morgan fingerprint density at radius 1 is 1.12 bits per heavy atom. The van der Waals surface area contributed by atoms with Crippen LogP contribution in [0.4, 0.5) is 0 Å². The highest BCUT2D eigenvalue weighted by atomic mass is 32.2. The zero-order valence-electron chi connectivity index (χ0n) is 9.27. The van der Waals surface area contributed by atoms with Crippen molar-refractivity contribution in [3.05, 3.63) is 29.3 Å². The molecular formula is C11H12O4S. The first kappa shape index (κ1) is 12.6. The minimum absolute atomic E-state index is 0.416. The molecule has 0 saturated heterocycles. The molecule has 0 atom stereocenters. The van der Waals surface area contributed by atoms with Crippen molar-refractivity contribution in [2.45, 2.75) is 4.90 Å². The monoisotopic (exact) mass is 240 g/mol. The number of carbonyl (C=O) groups is 2. The van der Waals surface area contributed by atoms with Gasteiger partial charge in [-0.3, -0.25) is 0 Å². The first-order valence-electron chi connectivity index (χ1n) is 4.48. The van der Waals surface area contributed by atoms with Crippen LogP contribution in [0.2, 0.25) is 0 Å². The lowest BCUT2D eigenvalue weighted by atomic mass is 10.1. The normalized spacial score (nSPS) is 9.69. The maximum atomic E-state index is 11.4. The van der Waals surface area contributed by atoms with Crippen LogP contribution in [0.5, 0.6) is 0 Å². The van der Waals surface area contributed by atoms with E-state index in [1.54, 1.807) is 12.1 Å². The van der Waals surface area contributed by atoms with Gasteiger partial charge in [0, 0.05) is 4.90 Å². The minimum Gasteiger partial charge on any atom is -0.465 e. The minimum atomic E-state index is -0.424. The summed E-state index contributed by atoms with van der Waals surface area (Å²) in [5, 5.41) is 0. The smallest absolute Gasteiger partial charge is 0.338 e. The highest BCUT2D eigenvalue weighted by molar-refractivity contribution is 7.98. The summed E-state index contributed by atoms with van der Waals surface area (Å²) in [5.41, 5.74) is 0.863. The second-order valence-electron chi connectivity index (χ2n) is 2.90. The van der Waals surface area contributed by atoms with Crippen molar-refractivity contribution < 1.29 is 19.1 Å². The molecule has 0 saturated carbocycles. The van der Waals surface area contributed by atoms with Gasteiger partial charge in [0.05, 0.1) is 25.3 Å². The molecule has 0 aromatic heterocycles. The number of benzene rings is 1. The van der Waals surface area contributed by atoms with E-state index in [1.807, 2.05) is 6.26 Å². The largest absolute Gasteiger partial charge is 0.465 e. The van der Waals surface area contributed by atoms with Crippen molar-refractivity contribution in [2.75, 3.05) is 20.5 Å². The summed E-state index contributed by atoms with van der Waals surface area (Å²) < 4.78 is 9.24. The molecule has 0 amide bonds. The van der Waals surface area contributed by atoms with Gasteiger partial charge in [-0.1, -0.05) is 0 Å². The maximum absolute atomic E-state index is 11.4. The van der Waals surface area contributed by atoms with E-state index in [-0.39, 0.29) is 0 Å². The Kier molecular flexibility index (Phi) is 4.37. The van der Waals surface area contributed by atoms with Gasteiger partial charge >= 0.3 is 11.9 Å². The molecule has 0 heterocycles. The molecule has 0 aliphatic rings. The third-order valence-electron chi connectivity index (χ3n) is 2.03. The molecule has 0 aliphatic heterocycles. The molecule has 0 fully saturated rings. The Labute approximate surface area is 97.9 Å². The predicted molar refractivity (Wildman–Crippen MR) is 60.9 cm³/mol. The average molecular weight is 240 g/mol. The van der Waals surface area contributed by atoms with Crippen LogP contribution >= 0.6 is 11.8 Å². The number of thioether (sulfide) groups is 1. The molecule has 1 aromatic carbocycles. The highest BCUT2D eigenvalue weighted by Crippen LogP contribution is 2.23. The zero-order chi connectivity index (χ0) is 12.1. The summed E-state index contributed by atoms with van der Waals surface area (Å²) in [7, 11) is 2.63. The van der Waals surface area contributed by atoms with E-state index in [9.17, 15) is 9.59 Å². The number of ether oxygens (including phenoxy) is 2. The predicted octanol–water partition coefficient (Wildman–Crippen LogP) is 1.98.